The Bertz CT molecular complexity index is 374. The quantitative estimate of drug-likeness (QED) is 0.873. The summed E-state index contributed by atoms with van der Waals surface area (Å²) in [7, 11) is 0. The van der Waals surface area contributed by atoms with E-state index in [2.05, 4.69) is 17.1 Å². The molecule has 1 aliphatic rings. The van der Waals surface area contributed by atoms with Crippen LogP contribution in [0.15, 0.2) is 18.2 Å². The molecule has 0 bridgehead atoms. The van der Waals surface area contributed by atoms with Gasteiger partial charge in [-0.15, -0.1) is 0 Å². The molecule has 1 aromatic rings. The first kappa shape index (κ1) is 12.3. The maximum Gasteiger partial charge on any atom is 0.160 e. The minimum absolute atomic E-state index is 0.557. The molecule has 0 atom stereocenters. The van der Waals surface area contributed by atoms with Crippen LogP contribution in [0.2, 0.25) is 0 Å². The van der Waals surface area contributed by atoms with Gasteiger partial charge in [0.15, 0.2) is 11.6 Å². The van der Waals surface area contributed by atoms with Gasteiger partial charge in [0, 0.05) is 30.9 Å². The number of benzene rings is 1. The lowest BCUT2D eigenvalue weighted by molar-refractivity contribution is 0.423. The van der Waals surface area contributed by atoms with Crippen LogP contribution in [-0.4, -0.2) is 25.7 Å². The van der Waals surface area contributed by atoms with E-state index < -0.39 is 11.6 Å². The second kappa shape index (κ2) is 5.45. The van der Waals surface area contributed by atoms with Crippen LogP contribution in [0.5, 0.6) is 0 Å². The van der Waals surface area contributed by atoms with Crippen molar-refractivity contribution in [3.8, 4) is 0 Å². The number of rotatable bonds is 3. The Balaban J connectivity index is 1.98. The van der Waals surface area contributed by atoms with E-state index in [1.807, 2.05) is 0 Å². The van der Waals surface area contributed by atoms with Crippen molar-refractivity contribution in [3.05, 3.63) is 29.8 Å². The third-order valence-corrected chi connectivity index (χ3v) is 3.26. The minimum Gasteiger partial charge on any atom is -0.371 e. The summed E-state index contributed by atoms with van der Waals surface area (Å²) in [5, 5.41) is 3.42. The zero-order valence-electron chi connectivity index (χ0n) is 10.0. The normalized spacial score (nSPS) is 17.5. The summed E-state index contributed by atoms with van der Waals surface area (Å²) < 4.78 is 25.9. The van der Waals surface area contributed by atoms with E-state index in [0.717, 1.165) is 38.2 Å². The molecule has 0 spiro atoms. The minimum atomic E-state index is -0.781. The van der Waals surface area contributed by atoms with Crippen LogP contribution in [0.4, 0.5) is 14.5 Å². The largest absolute Gasteiger partial charge is 0.371 e. The molecule has 1 fully saturated rings. The highest BCUT2D eigenvalue weighted by Crippen LogP contribution is 2.22. The lowest BCUT2D eigenvalue weighted by Gasteiger charge is -2.34. The summed E-state index contributed by atoms with van der Waals surface area (Å²) in [5.41, 5.74) is 0.777. The van der Waals surface area contributed by atoms with Crippen molar-refractivity contribution in [1.82, 2.24) is 5.32 Å². The van der Waals surface area contributed by atoms with E-state index in [0.29, 0.717) is 6.04 Å². The van der Waals surface area contributed by atoms with E-state index in [9.17, 15) is 8.78 Å². The molecule has 0 unspecified atom stereocenters. The third kappa shape index (κ3) is 2.94. The van der Waals surface area contributed by atoms with Crippen LogP contribution in [0.3, 0.4) is 0 Å². The van der Waals surface area contributed by atoms with Crippen molar-refractivity contribution < 1.29 is 8.78 Å². The zero-order valence-corrected chi connectivity index (χ0v) is 10.0. The average molecular weight is 240 g/mol. The van der Waals surface area contributed by atoms with Crippen molar-refractivity contribution in [2.24, 2.45) is 0 Å². The molecule has 4 heteroatoms. The highest BCUT2D eigenvalue weighted by atomic mass is 19.2. The standard InChI is InChI=1S/C13H18F2N2/c1-2-16-10-5-7-17(8-6-10)11-3-4-12(14)13(15)9-11/h3-4,9-10,16H,2,5-8H2,1H3. The molecule has 2 nitrogen and oxygen atoms in total. The van der Waals surface area contributed by atoms with E-state index in [1.165, 1.54) is 12.1 Å². The Morgan fingerprint density at radius 3 is 2.53 bits per heavy atom. The zero-order chi connectivity index (χ0) is 12.3. The molecule has 0 aliphatic carbocycles. The third-order valence-electron chi connectivity index (χ3n) is 3.26. The number of anilines is 1. The molecule has 1 N–H and O–H groups in total. The van der Waals surface area contributed by atoms with Crippen molar-refractivity contribution in [2.75, 3.05) is 24.5 Å². The molecule has 0 radical (unpaired) electrons. The molecule has 2 rings (SSSR count). The number of halogens is 2. The van der Waals surface area contributed by atoms with E-state index in [4.69, 9.17) is 0 Å². The molecule has 94 valence electrons. The number of piperidine rings is 1. The van der Waals surface area contributed by atoms with E-state index in [1.54, 1.807) is 6.07 Å². The Kier molecular flexibility index (Phi) is 3.94. The predicted molar refractivity (Wildman–Crippen MR) is 65.3 cm³/mol. The van der Waals surface area contributed by atoms with Crippen LogP contribution in [0, 0.1) is 11.6 Å². The summed E-state index contributed by atoms with van der Waals surface area (Å²) in [6, 6.07) is 4.68. The Morgan fingerprint density at radius 2 is 1.94 bits per heavy atom. The highest BCUT2D eigenvalue weighted by Gasteiger charge is 2.19. The highest BCUT2D eigenvalue weighted by molar-refractivity contribution is 5.47. The van der Waals surface area contributed by atoms with Gasteiger partial charge < -0.3 is 10.2 Å². The fourth-order valence-electron chi connectivity index (χ4n) is 2.31. The molecule has 1 aliphatic heterocycles. The maximum atomic E-state index is 13.1. The van der Waals surface area contributed by atoms with E-state index in [-0.39, 0.29) is 0 Å². The van der Waals surface area contributed by atoms with Crippen molar-refractivity contribution in [1.29, 1.82) is 0 Å². The van der Waals surface area contributed by atoms with Gasteiger partial charge in [0.2, 0.25) is 0 Å². The van der Waals surface area contributed by atoms with Gasteiger partial charge in [-0.2, -0.15) is 0 Å². The number of nitrogens with zero attached hydrogens (tertiary/aromatic N) is 1. The van der Waals surface area contributed by atoms with Gasteiger partial charge in [-0.25, -0.2) is 8.78 Å². The monoisotopic (exact) mass is 240 g/mol. The summed E-state index contributed by atoms with van der Waals surface area (Å²) in [5.74, 6) is -1.55. The smallest absolute Gasteiger partial charge is 0.160 e. The van der Waals surface area contributed by atoms with E-state index >= 15 is 0 Å². The first-order chi connectivity index (χ1) is 8.20. The first-order valence-corrected chi connectivity index (χ1v) is 6.14. The molecule has 0 aromatic heterocycles. The van der Waals surface area contributed by atoms with Gasteiger partial charge in [-0.3, -0.25) is 0 Å². The molecular formula is C13H18F2N2. The van der Waals surface area contributed by atoms with Crippen LogP contribution in [0.25, 0.3) is 0 Å². The van der Waals surface area contributed by atoms with Gasteiger partial charge in [-0.05, 0) is 31.5 Å². The Morgan fingerprint density at radius 1 is 1.24 bits per heavy atom. The molecule has 0 saturated carbocycles. The molecule has 1 heterocycles. The van der Waals surface area contributed by atoms with Gasteiger partial charge in [0.05, 0.1) is 0 Å². The van der Waals surface area contributed by atoms with Crippen molar-refractivity contribution >= 4 is 5.69 Å². The SMILES string of the molecule is CCNC1CCN(c2ccc(F)c(F)c2)CC1. The second-order valence-corrected chi connectivity index (χ2v) is 4.42. The molecule has 0 amide bonds. The van der Waals surface area contributed by atoms with Crippen molar-refractivity contribution in [2.45, 2.75) is 25.8 Å². The summed E-state index contributed by atoms with van der Waals surface area (Å²) in [6.07, 6.45) is 2.10. The van der Waals surface area contributed by atoms with Crippen molar-refractivity contribution in [3.63, 3.8) is 0 Å². The first-order valence-electron chi connectivity index (χ1n) is 6.14. The molecule has 17 heavy (non-hydrogen) atoms. The molecular weight excluding hydrogens is 222 g/mol. The molecule has 1 saturated heterocycles. The number of nitrogens with one attached hydrogen (secondary N) is 1. The Hall–Kier alpha value is -1.16. The van der Waals surface area contributed by atoms with Gasteiger partial charge in [0.25, 0.3) is 0 Å². The van der Waals surface area contributed by atoms with Crippen LogP contribution >= 0.6 is 0 Å². The summed E-state index contributed by atoms with van der Waals surface area (Å²) in [6.45, 7) is 4.86. The average Bonchev–Trinajstić information content (AvgIpc) is 2.34. The topological polar surface area (TPSA) is 15.3 Å². The van der Waals surface area contributed by atoms with Crippen LogP contribution in [-0.2, 0) is 0 Å². The summed E-state index contributed by atoms with van der Waals surface area (Å²) >= 11 is 0. The summed E-state index contributed by atoms with van der Waals surface area (Å²) in [4.78, 5) is 2.11. The van der Waals surface area contributed by atoms with Crippen LogP contribution in [0.1, 0.15) is 19.8 Å². The van der Waals surface area contributed by atoms with Gasteiger partial charge >= 0.3 is 0 Å². The lowest BCUT2D eigenvalue weighted by Crippen LogP contribution is -2.42. The fourth-order valence-corrected chi connectivity index (χ4v) is 2.31. The lowest BCUT2D eigenvalue weighted by atomic mass is 10.0. The predicted octanol–water partition coefficient (Wildman–Crippen LogP) is 2.54. The van der Waals surface area contributed by atoms with Gasteiger partial charge in [0.1, 0.15) is 0 Å². The number of hydrogen-bond acceptors (Lipinski definition) is 2. The fraction of sp³-hybridized carbons (Fsp3) is 0.538. The maximum absolute atomic E-state index is 13.1. The molecule has 1 aromatic carbocycles. The van der Waals surface area contributed by atoms with Crippen LogP contribution < -0.4 is 10.2 Å². The second-order valence-electron chi connectivity index (χ2n) is 4.42. The van der Waals surface area contributed by atoms with Gasteiger partial charge in [-0.1, -0.05) is 6.92 Å². The number of hydrogen-bond donors (Lipinski definition) is 1. The Labute approximate surface area is 101 Å².